The first-order valence-electron chi connectivity index (χ1n) is 5.59. The van der Waals surface area contributed by atoms with Crippen molar-refractivity contribution in [3.63, 3.8) is 0 Å². The van der Waals surface area contributed by atoms with Gasteiger partial charge in [-0.3, -0.25) is 0 Å². The molecule has 6 nitrogen and oxygen atoms in total. The van der Waals surface area contributed by atoms with E-state index >= 15 is 0 Å². The van der Waals surface area contributed by atoms with Gasteiger partial charge in [-0.15, -0.1) is 0 Å². The Morgan fingerprint density at radius 2 is 1.80 bits per heavy atom. The van der Waals surface area contributed by atoms with Gasteiger partial charge in [-0.1, -0.05) is 17.7 Å². The highest BCUT2D eigenvalue weighted by molar-refractivity contribution is 7.87. The van der Waals surface area contributed by atoms with Crippen LogP contribution in [-0.2, 0) is 10.1 Å². The van der Waals surface area contributed by atoms with E-state index in [0.29, 0.717) is 0 Å². The minimum absolute atomic E-state index is 0.00668. The summed E-state index contributed by atoms with van der Waals surface area (Å²) >= 11 is 0. The second-order valence-electron chi connectivity index (χ2n) is 4.04. The van der Waals surface area contributed by atoms with E-state index in [1.807, 2.05) is 6.92 Å². The van der Waals surface area contributed by atoms with Crippen molar-refractivity contribution in [1.82, 2.24) is 4.98 Å². The zero-order valence-electron chi connectivity index (χ0n) is 10.5. The van der Waals surface area contributed by atoms with E-state index in [4.69, 9.17) is 9.29 Å². The molecule has 0 saturated heterocycles. The summed E-state index contributed by atoms with van der Waals surface area (Å²) < 4.78 is 28.7. The molecule has 1 aromatic carbocycles. The number of pyridine rings is 1. The number of carbonyl (C=O) groups is 1. The van der Waals surface area contributed by atoms with Crippen LogP contribution in [0.2, 0.25) is 0 Å². The van der Waals surface area contributed by atoms with E-state index in [9.17, 15) is 13.2 Å². The number of aromatic carboxylic acids is 1. The molecule has 104 valence electrons. The number of aromatic nitrogens is 1. The minimum atomic E-state index is -3.97. The third-order valence-corrected chi connectivity index (χ3v) is 3.73. The lowest BCUT2D eigenvalue weighted by Gasteiger charge is -2.06. The molecule has 0 fully saturated rings. The monoisotopic (exact) mass is 293 g/mol. The van der Waals surface area contributed by atoms with Crippen molar-refractivity contribution in [2.75, 3.05) is 0 Å². The van der Waals surface area contributed by atoms with Crippen LogP contribution in [0.5, 0.6) is 5.88 Å². The Bertz CT molecular complexity index is 720. The standard InChI is InChI=1S/C13H11NO5S/c1-9-2-5-11(6-3-9)20(17,18)19-12-7-4-10(8-14-12)13(15)16/h2-8H,1H3,(H,15,16). The van der Waals surface area contributed by atoms with Crippen LogP contribution in [0.4, 0.5) is 0 Å². The molecule has 0 saturated carbocycles. The molecule has 0 radical (unpaired) electrons. The zero-order valence-corrected chi connectivity index (χ0v) is 11.3. The highest BCUT2D eigenvalue weighted by Gasteiger charge is 2.17. The first kappa shape index (κ1) is 14.0. The number of benzene rings is 1. The molecule has 0 spiro atoms. The molecule has 0 aliphatic rings. The summed E-state index contributed by atoms with van der Waals surface area (Å²) in [6, 6.07) is 8.56. The van der Waals surface area contributed by atoms with Gasteiger partial charge in [0.25, 0.3) is 0 Å². The Hall–Kier alpha value is -2.41. The summed E-state index contributed by atoms with van der Waals surface area (Å²) in [5.74, 6) is -1.33. The maximum Gasteiger partial charge on any atom is 0.340 e. The van der Waals surface area contributed by atoms with Gasteiger partial charge in [0.15, 0.2) is 0 Å². The fraction of sp³-hybridized carbons (Fsp3) is 0.0769. The smallest absolute Gasteiger partial charge is 0.340 e. The van der Waals surface area contributed by atoms with Gasteiger partial charge in [-0.25, -0.2) is 9.78 Å². The van der Waals surface area contributed by atoms with Crippen LogP contribution < -0.4 is 4.18 Å². The van der Waals surface area contributed by atoms with Gasteiger partial charge in [0, 0.05) is 12.3 Å². The van der Waals surface area contributed by atoms with Crippen LogP contribution in [0.25, 0.3) is 0 Å². The largest absolute Gasteiger partial charge is 0.478 e. The topological polar surface area (TPSA) is 93.6 Å². The van der Waals surface area contributed by atoms with Gasteiger partial charge in [-0.05, 0) is 25.1 Å². The molecule has 0 unspecified atom stereocenters. The lowest BCUT2D eigenvalue weighted by molar-refractivity contribution is 0.0696. The van der Waals surface area contributed by atoms with Gasteiger partial charge in [0.05, 0.1) is 5.56 Å². The van der Waals surface area contributed by atoms with Crippen molar-refractivity contribution in [1.29, 1.82) is 0 Å². The number of hydrogen-bond acceptors (Lipinski definition) is 5. The third-order valence-electron chi connectivity index (χ3n) is 2.49. The molecule has 1 N–H and O–H groups in total. The highest BCUT2D eigenvalue weighted by atomic mass is 32.2. The van der Waals surface area contributed by atoms with Crippen molar-refractivity contribution >= 4 is 16.1 Å². The number of carboxylic acid groups (broad SMARTS) is 1. The van der Waals surface area contributed by atoms with Crippen molar-refractivity contribution in [2.24, 2.45) is 0 Å². The summed E-state index contributed by atoms with van der Waals surface area (Å²) in [7, 11) is -3.97. The lowest BCUT2D eigenvalue weighted by atomic mass is 10.2. The predicted molar refractivity (Wildman–Crippen MR) is 70.2 cm³/mol. The SMILES string of the molecule is Cc1ccc(S(=O)(=O)Oc2ccc(C(=O)O)cn2)cc1. The number of rotatable bonds is 4. The molecule has 2 aromatic rings. The number of aryl methyl sites for hydroxylation is 1. The van der Waals surface area contributed by atoms with Gasteiger partial charge in [0.1, 0.15) is 4.90 Å². The summed E-state index contributed by atoms with van der Waals surface area (Å²) in [5.41, 5.74) is 0.873. The molecule has 0 aliphatic carbocycles. The molecular weight excluding hydrogens is 282 g/mol. The fourth-order valence-corrected chi connectivity index (χ4v) is 2.31. The molecule has 1 heterocycles. The molecule has 7 heteroatoms. The normalized spacial score (nSPS) is 11.1. The quantitative estimate of drug-likeness (QED) is 0.865. The van der Waals surface area contributed by atoms with Crippen LogP contribution >= 0.6 is 0 Å². The van der Waals surface area contributed by atoms with Crippen LogP contribution in [0, 0.1) is 6.92 Å². The Kier molecular flexibility index (Phi) is 3.71. The van der Waals surface area contributed by atoms with Crippen molar-refractivity contribution in [2.45, 2.75) is 11.8 Å². The second-order valence-corrected chi connectivity index (χ2v) is 5.59. The van der Waals surface area contributed by atoms with Gasteiger partial charge < -0.3 is 9.29 Å². The maximum atomic E-state index is 12.0. The third kappa shape index (κ3) is 3.12. The lowest BCUT2D eigenvalue weighted by Crippen LogP contribution is -2.11. The van der Waals surface area contributed by atoms with Crippen LogP contribution in [0.15, 0.2) is 47.5 Å². The Balaban J connectivity index is 2.24. The first-order valence-corrected chi connectivity index (χ1v) is 7.00. The van der Waals surface area contributed by atoms with Crippen LogP contribution in [0.1, 0.15) is 15.9 Å². The maximum absolute atomic E-state index is 12.0. The Morgan fingerprint density at radius 3 is 2.30 bits per heavy atom. The minimum Gasteiger partial charge on any atom is -0.478 e. The van der Waals surface area contributed by atoms with Crippen LogP contribution in [0.3, 0.4) is 0 Å². The molecule has 0 bridgehead atoms. The molecule has 0 amide bonds. The molecule has 0 aliphatic heterocycles. The summed E-state index contributed by atoms with van der Waals surface area (Å²) in [6.45, 7) is 1.84. The summed E-state index contributed by atoms with van der Waals surface area (Å²) in [6.07, 6.45) is 1.03. The zero-order chi connectivity index (χ0) is 14.8. The molecule has 20 heavy (non-hydrogen) atoms. The average Bonchev–Trinajstić information content (AvgIpc) is 2.39. The summed E-state index contributed by atoms with van der Waals surface area (Å²) in [4.78, 5) is 14.3. The number of carboxylic acids is 1. The van der Waals surface area contributed by atoms with E-state index in [1.165, 1.54) is 24.3 Å². The van der Waals surface area contributed by atoms with Gasteiger partial charge in [-0.2, -0.15) is 8.42 Å². The average molecular weight is 293 g/mol. The highest BCUT2D eigenvalue weighted by Crippen LogP contribution is 2.17. The summed E-state index contributed by atoms with van der Waals surface area (Å²) in [5, 5.41) is 8.71. The first-order chi connectivity index (χ1) is 9.38. The van der Waals surface area contributed by atoms with E-state index in [0.717, 1.165) is 11.8 Å². The van der Waals surface area contributed by atoms with Crippen LogP contribution in [-0.4, -0.2) is 24.5 Å². The van der Waals surface area contributed by atoms with E-state index in [2.05, 4.69) is 4.98 Å². The van der Waals surface area contributed by atoms with Gasteiger partial charge >= 0.3 is 16.1 Å². The number of hydrogen-bond donors (Lipinski definition) is 1. The Labute approximate surface area is 115 Å². The molecule has 0 atom stereocenters. The predicted octanol–water partition coefficient (Wildman–Crippen LogP) is 1.86. The van der Waals surface area contributed by atoms with Crippen molar-refractivity contribution < 1.29 is 22.5 Å². The molecular formula is C13H11NO5S. The number of nitrogens with zero attached hydrogens (tertiary/aromatic N) is 1. The van der Waals surface area contributed by atoms with Crippen molar-refractivity contribution in [3.8, 4) is 5.88 Å². The van der Waals surface area contributed by atoms with E-state index in [-0.39, 0.29) is 16.3 Å². The molecule has 2 rings (SSSR count). The fourth-order valence-electron chi connectivity index (χ4n) is 1.42. The van der Waals surface area contributed by atoms with Crippen molar-refractivity contribution in [3.05, 3.63) is 53.7 Å². The van der Waals surface area contributed by atoms with Gasteiger partial charge in [0.2, 0.25) is 5.88 Å². The second kappa shape index (κ2) is 5.30. The van der Waals surface area contributed by atoms with E-state index in [1.54, 1.807) is 12.1 Å². The van der Waals surface area contributed by atoms with E-state index < -0.39 is 16.1 Å². The molecule has 1 aromatic heterocycles. The Morgan fingerprint density at radius 1 is 1.15 bits per heavy atom.